The van der Waals surface area contributed by atoms with Crippen LogP contribution in [0.2, 0.25) is 0 Å². The Morgan fingerprint density at radius 3 is 2.83 bits per heavy atom. The van der Waals surface area contributed by atoms with E-state index in [-0.39, 0.29) is 12.0 Å². The molecule has 0 amide bonds. The predicted octanol–water partition coefficient (Wildman–Crippen LogP) is 4.16. The van der Waals surface area contributed by atoms with Gasteiger partial charge in [-0.05, 0) is 44.2 Å². The topological polar surface area (TPSA) is 54.2 Å². The summed E-state index contributed by atoms with van der Waals surface area (Å²) in [6.45, 7) is 3.02. The van der Waals surface area contributed by atoms with E-state index in [1.54, 1.807) is 18.2 Å². The van der Waals surface area contributed by atoms with Crippen LogP contribution in [-0.4, -0.2) is 39.9 Å². The summed E-state index contributed by atoms with van der Waals surface area (Å²) in [6, 6.07) is 8.39. The van der Waals surface area contributed by atoms with Gasteiger partial charge in [-0.25, -0.2) is 13.9 Å². The number of benzene rings is 1. The quantitative estimate of drug-likeness (QED) is 0.638. The largest absolute Gasteiger partial charge is 0.416 e. The standard InChI is InChI=1S/C20H21F4N5/c1-12(15-7-8-25-10-16(15)21)27-18-5-6-19-26-11-17(29(19)28-18)13-3-2-4-14(9-13)20(22,23)24/h2-6,9,11-12,15-16,25H,7-8,10H2,1H3,(H,27,28). The number of fused-ring (bicyclic) bond motifs is 1. The van der Waals surface area contributed by atoms with Crippen molar-refractivity contribution < 1.29 is 17.6 Å². The van der Waals surface area contributed by atoms with Crippen LogP contribution in [0.3, 0.4) is 0 Å². The highest BCUT2D eigenvalue weighted by atomic mass is 19.4. The number of nitrogens with one attached hydrogen (secondary N) is 2. The third kappa shape index (κ3) is 4.05. The van der Waals surface area contributed by atoms with Gasteiger partial charge in [0.1, 0.15) is 12.0 Å². The van der Waals surface area contributed by atoms with E-state index in [0.29, 0.717) is 29.3 Å². The number of rotatable bonds is 4. The molecular formula is C20H21F4N5. The summed E-state index contributed by atoms with van der Waals surface area (Å²) >= 11 is 0. The molecule has 3 aromatic rings. The smallest absolute Gasteiger partial charge is 0.366 e. The summed E-state index contributed by atoms with van der Waals surface area (Å²) in [5, 5.41) is 10.8. The average molecular weight is 407 g/mol. The first-order valence-corrected chi connectivity index (χ1v) is 9.46. The van der Waals surface area contributed by atoms with Crippen molar-refractivity contribution in [1.29, 1.82) is 0 Å². The summed E-state index contributed by atoms with van der Waals surface area (Å²) in [5.41, 5.74) is 0.605. The molecule has 3 atom stereocenters. The summed E-state index contributed by atoms with van der Waals surface area (Å²) in [5.74, 6) is 0.376. The molecule has 2 N–H and O–H groups in total. The van der Waals surface area contributed by atoms with E-state index in [1.807, 2.05) is 6.92 Å². The monoisotopic (exact) mass is 407 g/mol. The minimum atomic E-state index is -4.43. The van der Waals surface area contributed by atoms with Crippen molar-refractivity contribution in [1.82, 2.24) is 19.9 Å². The molecule has 2 aromatic heterocycles. The van der Waals surface area contributed by atoms with Gasteiger partial charge < -0.3 is 10.6 Å². The van der Waals surface area contributed by atoms with E-state index in [2.05, 4.69) is 20.7 Å². The van der Waals surface area contributed by atoms with E-state index >= 15 is 0 Å². The van der Waals surface area contributed by atoms with Crippen molar-refractivity contribution in [2.45, 2.75) is 31.7 Å². The molecule has 0 bridgehead atoms. The van der Waals surface area contributed by atoms with E-state index in [4.69, 9.17) is 0 Å². The zero-order valence-corrected chi connectivity index (χ0v) is 15.7. The minimum absolute atomic E-state index is 0.139. The molecule has 0 spiro atoms. The fourth-order valence-electron chi connectivity index (χ4n) is 3.75. The summed E-state index contributed by atoms with van der Waals surface area (Å²) < 4.78 is 54.9. The molecule has 1 aromatic carbocycles. The molecule has 0 radical (unpaired) electrons. The van der Waals surface area contributed by atoms with E-state index in [0.717, 1.165) is 25.1 Å². The van der Waals surface area contributed by atoms with Gasteiger partial charge in [-0.3, -0.25) is 0 Å². The Kier molecular flexibility index (Phi) is 5.16. The summed E-state index contributed by atoms with van der Waals surface area (Å²) in [6.07, 6.45) is -3.15. The lowest BCUT2D eigenvalue weighted by molar-refractivity contribution is -0.137. The number of anilines is 1. The molecular weight excluding hydrogens is 386 g/mol. The highest BCUT2D eigenvalue weighted by Crippen LogP contribution is 2.32. The number of aromatic nitrogens is 3. The number of piperidine rings is 1. The van der Waals surface area contributed by atoms with Gasteiger partial charge in [0, 0.05) is 24.1 Å². The average Bonchev–Trinajstić information content (AvgIpc) is 3.11. The molecule has 0 saturated carbocycles. The first-order valence-electron chi connectivity index (χ1n) is 9.46. The van der Waals surface area contributed by atoms with Gasteiger partial charge >= 0.3 is 6.18 Å². The molecule has 0 aliphatic carbocycles. The van der Waals surface area contributed by atoms with Gasteiger partial charge in [0.05, 0.1) is 17.5 Å². The second kappa shape index (κ2) is 7.62. The summed E-state index contributed by atoms with van der Waals surface area (Å²) in [7, 11) is 0. The number of nitrogens with zero attached hydrogens (tertiary/aromatic N) is 3. The van der Waals surface area contributed by atoms with Crippen LogP contribution in [0.25, 0.3) is 16.9 Å². The molecule has 5 nitrogen and oxygen atoms in total. The molecule has 4 rings (SSSR count). The maximum absolute atomic E-state index is 14.2. The molecule has 1 aliphatic rings. The van der Waals surface area contributed by atoms with Gasteiger partial charge in [0.2, 0.25) is 0 Å². The normalized spacial score (nSPS) is 21.3. The van der Waals surface area contributed by atoms with Crippen molar-refractivity contribution in [2.75, 3.05) is 18.4 Å². The van der Waals surface area contributed by atoms with Crippen LogP contribution in [0.15, 0.2) is 42.6 Å². The maximum atomic E-state index is 14.2. The minimum Gasteiger partial charge on any atom is -0.366 e. The van der Waals surface area contributed by atoms with Crippen molar-refractivity contribution >= 4 is 11.5 Å². The van der Waals surface area contributed by atoms with Crippen LogP contribution in [0, 0.1) is 5.92 Å². The van der Waals surface area contributed by atoms with Gasteiger partial charge in [0.25, 0.3) is 0 Å². The highest BCUT2D eigenvalue weighted by molar-refractivity contribution is 5.64. The lowest BCUT2D eigenvalue weighted by Crippen LogP contribution is -2.44. The zero-order valence-electron chi connectivity index (χ0n) is 15.7. The lowest BCUT2D eigenvalue weighted by Gasteiger charge is -2.32. The predicted molar refractivity (Wildman–Crippen MR) is 102 cm³/mol. The Morgan fingerprint density at radius 2 is 2.07 bits per heavy atom. The molecule has 154 valence electrons. The van der Waals surface area contributed by atoms with E-state index in [9.17, 15) is 17.6 Å². The molecule has 3 heterocycles. The Bertz CT molecular complexity index is 1000. The number of halogens is 4. The number of hydrogen-bond donors (Lipinski definition) is 2. The van der Waals surface area contributed by atoms with Crippen molar-refractivity contribution in [3.05, 3.63) is 48.2 Å². The zero-order chi connectivity index (χ0) is 20.6. The Labute approximate surface area is 165 Å². The fraction of sp³-hybridized carbons (Fsp3) is 0.400. The first-order chi connectivity index (χ1) is 13.8. The van der Waals surface area contributed by atoms with Crippen LogP contribution in [0.4, 0.5) is 23.4 Å². The number of imidazole rings is 1. The molecule has 3 unspecified atom stereocenters. The second-order valence-electron chi connectivity index (χ2n) is 7.32. The first kappa shape index (κ1) is 19.6. The SMILES string of the molecule is CC(Nc1ccc2ncc(-c3cccc(C(F)(F)F)c3)n2n1)C1CCNCC1F. The van der Waals surface area contributed by atoms with Crippen molar-refractivity contribution in [2.24, 2.45) is 5.92 Å². The van der Waals surface area contributed by atoms with Gasteiger partial charge in [-0.1, -0.05) is 12.1 Å². The molecule has 1 fully saturated rings. The maximum Gasteiger partial charge on any atom is 0.416 e. The van der Waals surface area contributed by atoms with E-state index in [1.165, 1.54) is 16.8 Å². The number of alkyl halides is 4. The fourth-order valence-corrected chi connectivity index (χ4v) is 3.75. The molecule has 1 aliphatic heterocycles. The Balaban J connectivity index is 1.63. The van der Waals surface area contributed by atoms with E-state index < -0.39 is 17.9 Å². The third-order valence-corrected chi connectivity index (χ3v) is 5.32. The van der Waals surface area contributed by atoms with Crippen LogP contribution < -0.4 is 10.6 Å². The summed E-state index contributed by atoms with van der Waals surface area (Å²) in [4.78, 5) is 4.23. The van der Waals surface area contributed by atoms with Crippen LogP contribution >= 0.6 is 0 Å². The second-order valence-corrected chi connectivity index (χ2v) is 7.32. The lowest BCUT2D eigenvalue weighted by atomic mass is 9.89. The molecule has 1 saturated heterocycles. The van der Waals surface area contributed by atoms with Crippen molar-refractivity contribution in [3.8, 4) is 11.3 Å². The van der Waals surface area contributed by atoms with Gasteiger partial charge in [-0.2, -0.15) is 13.2 Å². The van der Waals surface area contributed by atoms with Crippen LogP contribution in [-0.2, 0) is 6.18 Å². The molecule has 9 heteroatoms. The van der Waals surface area contributed by atoms with Crippen molar-refractivity contribution in [3.63, 3.8) is 0 Å². The Hall–Kier alpha value is -2.68. The van der Waals surface area contributed by atoms with Crippen LogP contribution in [0.1, 0.15) is 18.9 Å². The Morgan fingerprint density at radius 1 is 1.24 bits per heavy atom. The van der Waals surface area contributed by atoms with Gasteiger partial charge in [-0.15, -0.1) is 5.10 Å². The molecule has 29 heavy (non-hydrogen) atoms. The number of hydrogen-bond acceptors (Lipinski definition) is 4. The van der Waals surface area contributed by atoms with Crippen LogP contribution in [0.5, 0.6) is 0 Å². The highest BCUT2D eigenvalue weighted by Gasteiger charge is 2.31. The van der Waals surface area contributed by atoms with Gasteiger partial charge in [0.15, 0.2) is 5.65 Å². The third-order valence-electron chi connectivity index (χ3n) is 5.32.